The molecular weight excluding hydrogens is 442 g/mol. The standard InChI is InChI=1S/C24H24ClN5OS/c1-14-11-17(15(2)29(14)19-10-6-9-18(25)13-19)12-20-21(26)30-24(27-22(20)31)32-23(28-30)16-7-4-3-5-8-16/h6,9-13,16,26H,3-5,7-8H2,1-2H3/b20-12-,26-21?. The SMILES string of the molecule is Cc1cc(/C=C2/C(=N)N3N=C(C4CCCCC4)SC3=NC2=O)c(C)n1-c1cccc(Cl)c1. The summed E-state index contributed by atoms with van der Waals surface area (Å²) in [6.45, 7) is 4.01. The molecule has 3 heterocycles. The van der Waals surface area contributed by atoms with Gasteiger partial charge in [-0.15, -0.1) is 0 Å². The third-order valence-electron chi connectivity index (χ3n) is 6.26. The molecule has 2 aromatic rings. The number of amides is 1. The predicted octanol–water partition coefficient (Wildman–Crippen LogP) is 5.95. The Hall–Kier alpha value is -2.64. The van der Waals surface area contributed by atoms with E-state index >= 15 is 0 Å². The number of benzene rings is 1. The predicted molar refractivity (Wildman–Crippen MR) is 132 cm³/mol. The van der Waals surface area contributed by atoms with Crippen LogP contribution in [0.1, 0.15) is 49.1 Å². The molecule has 0 unspecified atom stereocenters. The van der Waals surface area contributed by atoms with Gasteiger partial charge in [0, 0.05) is 28.0 Å². The van der Waals surface area contributed by atoms with Crippen molar-refractivity contribution in [3.05, 3.63) is 57.9 Å². The molecule has 1 N–H and O–H groups in total. The second kappa shape index (κ2) is 8.37. The summed E-state index contributed by atoms with van der Waals surface area (Å²) in [5.74, 6) is 0.112. The molecular formula is C24H24ClN5OS. The van der Waals surface area contributed by atoms with Crippen LogP contribution in [-0.4, -0.2) is 31.5 Å². The molecule has 1 aromatic heterocycles. The number of hydrogen-bond acceptors (Lipinski definition) is 4. The summed E-state index contributed by atoms with van der Waals surface area (Å²) >= 11 is 7.63. The highest BCUT2D eigenvalue weighted by atomic mass is 35.5. The van der Waals surface area contributed by atoms with Crippen molar-refractivity contribution in [2.45, 2.75) is 46.0 Å². The largest absolute Gasteiger partial charge is 0.318 e. The van der Waals surface area contributed by atoms with Crippen LogP contribution in [0, 0.1) is 25.2 Å². The number of aromatic nitrogens is 1. The fourth-order valence-corrected chi connectivity index (χ4v) is 5.87. The number of aliphatic imine (C=N–C) groups is 1. The minimum Gasteiger partial charge on any atom is -0.318 e. The number of rotatable bonds is 3. The number of fused-ring (bicyclic) bond motifs is 1. The number of hydrazone groups is 1. The van der Waals surface area contributed by atoms with E-state index in [0.29, 0.717) is 16.1 Å². The summed E-state index contributed by atoms with van der Waals surface area (Å²) in [5, 5.41) is 17.1. The molecule has 1 fully saturated rings. The molecule has 1 aliphatic carbocycles. The van der Waals surface area contributed by atoms with E-state index in [-0.39, 0.29) is 17.3 Å². The zero-order chi connectivity index (χ0) is 22.4. The van der Waals surface area contributed by atoms with E-state index in [1.54, 1.807) is 6.08 Å². The van der Waals surface area contributed by atoms with Crippen molar-refractivity contribution < 1.29 is 4.79 Å². The number of thioether (sulfide) groups is 1. The summed E-state index contributed by atoms with van der Waals surface area (Å²) in [6.07, 6.45) is 7.68. The van der Waals surface area contributed by atoms with E-state index in [2.05, 4.69) is 14.7 Å². The molecule has 32 heavy (non-hydrogen) atoms. The van der Waals surface area contributed by atoms with Gasteiger partial charge in [0.15, 0.2) is 5.84 Å². The summed E-state index contributed by atoms with van der Waals surface area (Å²) in [7, 11) is 0. The van der Waals surface area contributed by atoms with Crippen molar-refractivity contribution in [3.63, 3.8) is 0 Å². The maximum atomic E-state index is 12.8. The lowest BCUT2D eigenvalue weighted by molar-refractivity contribution is -0.114. The third-order valence-corrected chi connectivity index (χ3v) is 7.57. The van der Waals surface area contributed by atoms with Crippen molar-refractivity contribution in [1.29, 1.82) is 5.41 Å². The highest BCUT2D eigenvalue weighted by Gasteiger charge is 2.38. The first-order valence-corrected chi connectivity index (χ1v) is 12.1. The van der Waals surface area contributed by atoms with Gasteiger partial charge in [0.2, 0.25) is 5.17 Å². The number of amidine groups is 2. The van der Waals surface area contributed by atoms with Crippen LogP contribution in [0.15, 0.2) is 46.0 Å². The quantitative estimate of drug-likeness (QED) is 0.569. The lowest BCUT2D eigenvalue weighted by Crippen LogP contribution is -2.35. The second-order valence-electron chi connectivity index (χ2n) is 8.43. The van der Waals surface area contributed by atoms with Crippen molar-refractivity contribution in [3.8, 4) is 5.69 Å². The Balaban J connectivity index is 1.48. The van der Waals surface area contributed by atoms with Gasteiger partial charge in [-0.2, -0.15) is 15.1 Å². The van der Waals surface area contributed by atoms with Crippen molar-refractivity contribution in [2.24, 2.45) is 16.0 Å². The van der Waals surface area contributed by atoms with Gasteiger partial charge < -0.3 is 4.57 Å². The second-order valence-corrected chi connectivity index (χ2v) is 9.86. The number of halogens is 1. The molecule has 6 nitrogen and oxygen atoms in total. The van der Waals surface area contributed by atoms with Crippen LogP contribution >= 0.6 is 23.4 Å². The van der Waals surface area contributed by atoms with Gasteiger partial charge in [-0.25, -0.2) is 0 Å². The fourth-order valence-electron chi connectivity index (χ4n) is 4.62. The molecule has 0 bridgehead atoms. The molecule has 1 amide bonds. The van der Waals surface area contributed by atoms with Crippen molar-refractivity contribution in [2.75, 3.05) is 0 Å². The number of aryl methyl sites for hydroxylation is 1. The maximum absolute atomic E-state index is 12.8. The fraction of sp³-hybridized carbons (Fsp3) is 0.333. The Labute approximate surface area is 196 Å². The molecule has 3 aliphatic rings. The molecule has 5 rings (SSSR count). The van der Waals surface area contributed by atoms with Crippen LogP contribution in [-0.2, 0) is 4.79 Å². The van der Waals surface area contributed by atoms with E-state index in [9.17, 15) is 4.79 Å². The molecule has 2 aliphatic heterocycles. The van der Waals surface area contributed by atoms with Crippen LogP contribution in [0.5, 0.6) is 0 Å². The topological polar surface area (TPSA) is 73.8 Å². The van der Waals surface area contributed by atoms with Crippen molar-refractivity contribution in [1.82, 2.24) is 9.58 Å². The van der Waals surface area contributed by atoms with Gasteiger partial charge in [-0.3, -0.25) is 10.2 Å². The van der Waals surface area contributed by atoms with Crippen LogP contribution in [0.3, 0.4) is 0 Å². The number of hydrogen-bond donors (Lipinski definition) is 1. The molecule has 164 valence electrons. The average Bonchev–Trinajstić information content (AvgIpc) is 3.32. The van der Waals surface area contributed by atoms with Crippen LogP contribution in [0.4, 0.5) is 0 Å². The first-order valence-electron chi connectivity index (χ1n) is 10.9. The Morgan fingerprint density at radius 2 is 1.97 bits per heavy atom. The zero-order valence-electron chi connectivity index (χ0n) is 18.1. The van der Waals surface area contributed by atoms with Gasteiger partial charge in [-0.05, 0) is 74.4 Å². The first-order chi connectivity index (χ1) is 15.4. The van der Waals surface area contributed by atoms with Crippen LogP contribution in [0.2, 0.25) is 5.02 Å². The molecule has 0 radical (unpaired) electrons. The van der Waals surface area contributed by atoms with Crippen molar-refractivity contribution >= 4 is 51.4 Å². The molecule has 1 aromatic carbocycles. The molecule has 8 heteroatoms. The maximum Gasteiger partial charge on any atom is 0.283 e. The Morgan fingerprint density at radius 3 is 2.72 bits per heavy atom. The molecule has 0 saturated heterocycles. The minimum absolute atomic E-state index is 0.0888. The minimum atomic E-state index is -0.388. The highest BCUT2D eigenvalue weighted by Crippen LogP contribution is 2.36. The van der Waals surface area contributed by atoms with E-state index in [0.717, 1.165) is 40.5 Å². The summed E-state index contributed by atoms with van der Waals surface area (Å²) in [5.41, 5.74) is 4.08. The molecule has 1 saturated carbocycles. The number of carbonyl (C=O) groups is 1. The lowest BCUT2D eigenvalue weighted by atomic mass is 9.90. The Bertz CT molecular complexity index is 1220. The Kier molecular flexibility index (Phi) is 5.55. The van der Waals surface area contributed by atoms with Crippen LogP contribution < -0.4 is 0 Å². The number of nitrogens with zero attached hydrogens (tertiary/aromatic N) is 4. The normalized spacial score (nSPS) is 20.6. The van der Waals surface area contributed by atoms with Gasteiger partial charge in [0.1, 0.15) is 5.04 Å². The van der Waals surface area contributed by atoms with Gasteiger partial charge >= 0.3 is 0 Å². The molecule has 0 spiro atoms. The Morgan fingerprint density at radius 1 is 1.19 bits per heavy atom. The number of nitrogens with one attached hydrogen (secondary N) is 1. The molecule has 0 atom stereocenters. The van der Waals surface area contributed by atoms with E-state index in [4.69, 9.17) is 17.0 Å². The van der Waals surface area contributed by atoms with E-state index in [1.165, 1.54) is 36.0 Å². The summed E-state index contributed by atoms with van der Waals surface area (Å²) in [6, 6.07) is 9.68. The number of carbonyl (C=O) groups excluding carboxylic acids is 1. The van der Waals surface area contributed by atoms with E-state index < -0.39 is 0 Å². The monoisotopic (exact) mass is 465 g/mol. The highest BCUT2D eigenvalue weighted by molar-refractivity contribution is 8.27. The van der Waals surface area contributed by atoms with Gasteiger partial charge in [0.25, 0.3) is 5.91 Å². The van der Waals surface area contributed by atoms with Gasteiger partial charge in [0.05, 0.1) is 5.57 Å². The average molecular weight is 466 g/mol. The summed E-state index contributed by atoms with van der Waals surface area (Å²) in [4.78, 5) is 17.1. The third kappa shape index (κ3) is 3.73. The lowest BCUT2D eigenvalue weighted by Gasteiger charge is -2.20. The van der Waals surface area contributed by atoms with Crippen LogP contribution in [0.25, 0.3) is 11.8 Å². The van der Waals surface area contributed by atoms with E-state index in [1.807, 2.05) is 44.2 Å². The first kappa shape index (κ1) is 21.2. The zero-order valence-corrected chi connectivity index (χ0v) is 19.6. The summed E-state index contributed by atoms with van der Waals surface area (Å²) < 4.78 is 2.09. The van der Waals surface area contributed by atoms with Gasteiger partial charge in [-0.1, -0.05) is 36.9 Å². The smallest absolute Gasteiger partial charge is 0.283 e.